The third-order valence-corrected chi connectivity index (χ3v) is 2.18. The van der Waals surface area contributed by atoms with E-state index in [1.165, 1.54) is 6.26 Å². The molecule has 0 aromatic heterocycles. The number of likely N-dealkylation sites (N-methyl/N-ethyl adjacent to an activating group) is 1. The number of carbonyl (C=O) groups is 1. The summed E-state index contributed by atoms with van der Waals surface area (Å²) < 4.78 is 10.2. The van der Waals surface area contributed by atoms with E-state index in [-0.39, 0.29) is 17.7 Å². The summed E-state index contributed by atoms with van der Waals surface area (Å²) in [4.78, 5) is 13.2. The van der Waals surface area contributed by atoms with Crippen molar-refractivity contribution in [3.8, 4) is 0 Å². The fourth-order valence-electron chi connectivity index (χ4n) is 1.01. The van der Waals surface area contributed by atoms with Crippen LogP contribution in [0.25, 0.3) is 0 Å². The number of ether oxygens (including phenoxy) is 2. The normalized spacial score (nSPS) is 17.5. The molecule has 0 aromatic rings. The van der Waals surface area contributed by atoms with Crippen molar-refractivity contribution in [3.63, 3.8) is 0 Å². The lowest BCUT2D eigenvalue weighted by Gasteiger charge is -2.25. The molecule has 1 atom stereocenters. The van der Waals surface area contributed by atoms with Gasteiger partial charge in [0.1, 0.15) is 19.5 Å². The summed E-state index contributed by atoms with van der Waals surface area (Å²) in [5.74, 6) is 0.0571. The molecule has 0 fully saturated rings. The zero-order chi connectivity index (χ0) is 10.6. The van der Waals surface area contributed by atoms with Gasteiger partial charge in [0.25, 0.3) is 5.91 Å². The van der Waals surface area contributed by atoms with Crippen LogP contribution in [0.2, 0.25) is 0 Å². The largest absolute Gasteiger partial charge is 0.494 e. The predicted molar refractivity (Wildman–Crippen MR) is 51.3 cm³/mol. The summed E-state index contributed by atoms with van der Waals surface area (Å²) in [5, 5.41) is 0. The van der Waals surface area contributed by atoms with Crippen molar-refractivity contribution in [1.29, 1.82) is 0 Å². The average Bonchev–Trinajstić information content (AvgIpc) is 2.27. The summed E-state index contributed by atoms with van der Waals surface area (Å²) in [6.45, 7) is 3.22. The maximum absolute atomic E-state index is 11.7. The van der Waals surface area contributed by atoms with Gasteiger partial charge < -0.3 is 20.1 Å². The molecule has 0 radical (unpaired) electrons. The monoisotopic (exact) mass is 200 g/mol. The third-order valence-electron chi connectivity index (χ3n) is 2.18. The first-order chi connectivity index (χ1) is 6.66. The van der Waals surface area contributed by atoms with E-state index in [1.54, 1.807) is 11.9 Å². The molecule has 14 heavy (non-hydrogen) atoms. The summed E-state index contributed by atoms with van der Waals surface area (Å²) in [7, 11) is 1.69. The van der Waals surface area contributed by atoms with E-state index in [1.807, 2.05) is 6.92 Å². The second kappa shape index (κ2) is 4.85. The first-order valence-electron chi connectivity index (χ1n) is 4.58. The summed E-state index contributed by atoms with van der Waals surface area (Å²) in [6, 6.07) is -0.00562. The molecule has 5 nitrogen and oxygen atoms in total. The van der Waals surface area contributed by atoms with Gasteiger partial charge in [-0.25, -0.2) is 0 Å². The van der Waals surface area contributed by atoms with Gasteiger partial charge in [-0.3, -0.25) is 4.79 Å². The molecule has 0 saturated carbocycles. The van der Waals surface area contributed by atoms with Crippen molar-refractivity contribution < 1.29 is 14.3 Å². The van der Waals surface area contributed by atoms with Crippen LogP contribution in [0.4, 0.5) is 0 Å². The highest BCUT2D eigenvalue weighted by Gasteiger charge is 2.21. The van der Waals surface area contributed by atoms with Gasteiger partial charge in [0.15, 0.2) is 0 Å². The SMILES string of the molecule is CC(CN)N(C)C(=O)C1=COCCO1. The number of rotatable bonds is 3. The Labute approximate surface area is 83.5 Å². The van der Waals surface area contributed by atoms with Gasteiger partial charge in [0.05, 0.1) is 0 Å². The Morgan fingerprint density at radius 3 is 2.93 bits per heavy atom. The van der Waals surface area contributed by atoms with E-state index in [2.05, 4.69) is 0 Å². The molecule has 0 aromatic carbocycles. The molecule has 0 spiro atoms. The molecule has 1 aliphatic heterocycles. The molecule has 1 aliphatic rings. The number of nitrogens with two attached hydrogens (primary N) is 1. The highest BCUT2D eigenvalue weighted by molar-refractivity contribution is 5.91. The van der Waals surface area contributed by atoms with Gasteiger partial charge in [-0.15, -0.1) is 0 Å². The van der Waals surface area contributed by atoms with Crippen LogP contribution < -0.4 is 5.73 Å². The Bertz CT molecular complexity index is 240. The molecule has 2 N–H and O–H groups in total. The van der Waals surface area contributed by atoms with E-state index in [0.717, 1.165) is 0 Å². The first-order valence-corrected chi connectivity index (χ1v) is 4.58. The lowest BCUT2D eigenvalue weighted by molar-refractivity contribution is -0.132. The fourth-order valence-corrected chi connectivity index (χ4v) is 1.01. The number of nitrogens with zero attached hydrogens (tertiary/aromatic N) is 1. The molecular weight excluding hydrogens is 184 g/mol. The molecule has 80 valence electrons. The molecule has 1 rings (SSSR count). The third kappa shape index (κ3) is 2.38. The molecule has 5 heteroatoms. The van der Waals surface area contributed by atoms with Gasteiger partial charge in [-0.05, 0) is 6.92 Å². The molecule has 0 bridgehead atoms. The topological polar surface area (TPSA) is 64.8 Å². The number of hydrogen-bond acceptors (Lipinski definition) is 4. The van der Waals surface area contributed by atoms with E-state index in [4.69, 9.17) is 15.2 Å². The van der Waals surface area contributed by atoms with Gasteiger partial charge in [-0.2, -0.15) is 0 Å². The van der Waals surface area contributed by atoms with Crippen LogP contribution in [0.1, 0.15) is 6.92 Å². The minimum atomic E-state index is -0.192. The van der Waals surface area contributed by atoms with Crippen molar-refractivity contribution in [3.05, 3.63) is 12.0 Å². The maximum Gasteiger partial charge on any atom is 0.292 e. The van der Waals surface area contributed by atoms with Gasteiger partial charge in [0.2, 0.25) is 5.76 Å². The highest BCUT2D eigenvalue weighted by atomic mass is 16.6. The fraction of sp³-hybridized carbons (Fsp3) is 0.667. The Morgan fingerprint density at radius 1 is 1.71 bits per heavy atom. The van der Waals surface area contributed by atoms with Crippen LogP contribution in [-0.2, 0) is 14.3 Å². The molecule has 0 aliphatic carbocycles. The van der Waals surface area contributed by atoms with Crippen LogP contribution in [0.15, 0.2) is 12.0 Å². The van der Waals surface area contributed by atoms with Crippen LogP contribution in [0.5, 0.6) is 0 Å². The van der Waals surface area contributed by atoms with Crippen LogP contribution in [0, 0.1) is 0 Å². The van der Waals surface area contributed by atoms with Crippen molar-refractivity contribution in [2.75, 3.05) is 26.8 Å². The minimum absolute atomic E-state index is 0.00562. The summed E-state index contributed by atoms with van der Waals surface area (Å²) in [5.41, 5.74) is 5.45. The average molecular weight is 200 g/mol. The Balaban J connectivity index is 2.59. The Kier molecular flexibility index (Phi) is 3.76. The van der Waals surface area contributed by atoms with Crippen molar-refractivity contribution in [1.82, 2.24) is 4.90 Å². The van der Waals surface area contributed by atoms with Crippen molar-refractivity contribution >= 4 is 5.91 Å². The van der Waals surface area contributed by atoms with E-state index >= 15 is 0 Å². The Morgan fingerprint density at radius 2 is 2.43 bits per heavy atom. The van der Waals surface area contributed by atoms with E-state index < -0.39 is 0 Å². The molecule has 1 unspecified atom stereocenters. The first kappa shape index (κ1) is 10.8. The van der Waals surface area contributed by atoms with Crippen LogP contribution in [-0.4, -0.2) is 43.7 Å². The van der Waals surface area contributed by atoms with E-state index in [0.29, 0.717) is 19.8 Å². The second-order valence-corrected chi connectivity index (χ2v) is 3.20. The lowest BCUT2D eigenvalue weighted by Crippen LogP contribution is -2.41. The smallest absolute Gasteiger partial charge is 0.292 e. The lowest BCUT2D eigenvalue weighted by atomic mass is 10.3. The van der Waals surface area contributed by atoms with Gasteiger partial charge in [-0.1, -0.05) is 0 Å². The standard InChI is InChI=1S/C9H16N2O3/c1-7(5-10)11(2)9(12)8-6-13-3-4-14-8/h6-7H,3-5,10H2,1-2H3. The summed E-state index contributed by atoms with van der Waals surface area (Å²) in [6.07, 6.45) is 1.35. The predicted octanol–water partition coefficient (Wildman–Crippen LogP) is -0.320. The second-order valence-electron chi connectivity index (χ2n) is 3.20. The Hall–Kier alpha value is -1.23. The molecular formula is C9H16N2O3. The number of amides is 1. The molecule has 1 amide bonds. The minimum Gasteiger partial charge on any atom is -0.494 e. The van der Waals surface area contributed by atoms with E-state index in [9.17, 15) is 4.79 Å². The number of carbonyl (C=O) groups excluding carboxylic acids is 1. The highest BCUT2D eigenvalue weighted by Crippen LogP contribution is 2.09. The maximum atomic E-state index is 11.7. The van der Waals surface area contributed by atoms with Gasteiger partial charge >= 0.3 is 0 Å². The summed E-state index contributed by atoms with van der Waals surface area (Å²) >= 11 is 0. The van der Waals surface area contributed by atoms with Gasteiger partial charge in [0, 0.05) is 19.6 Å². The molecule has 0 saturated heterocycles. The van der Waals surface area contributed by atoms with Crippen molar-refractivity contribution in [2.24, 2.45) is 5.73 Å². The van der Waals surface area contributed by atoms with Crippen LogP contribution in [0.3, 0.4) is 0 Å². The zero-order valence-corrected chi connectivity index (χ0v) is 8.53. The van der Waals surface area contributed by atoms with Crippen LogP contribution >= 0.6 is 0 Å². The molecule has 1 heterocycles. The van der Waals surface area contributed by atoms with Crippen molar-refractivity contribution in [2.45, 2.75) is 13.0 Å². The quantitative estimate of drug-likeness (QED) is 0.678. The number of hydrogen-bond donors (Lipinski definition) is 1. The zero-order valence-electron chi connectivity index (χ0n) is 8.53.